The van der Waals surface area contributed by atoms with E-state index in [1.807, 2.05) is 13.0 Å². The average molecular weight is 836 g/mol. The van der Waals surface area contributed by atoms with Crippen molar-refractivity contribution >= 4 is 28.8 Å². The number of thiophene rings is 1. The molecule has 312 valence electrons. The topological polar surface area (TPSA) is 153 Å². The van der Waals surface area contributed by atoms with Crippen LogP contribution < -0.4 is 19.7 Å². The van der Waals surface area contributed by atoms with Gasteiger partial charge in [0.2, 0.25) is 0 Å². The molecule has 14 heteroatoms. The second-order valence-corrected chi connectivity index (χ2v) is 18.0. The van der Waals surface area contributed by atoms with Crippen molar-refractivity contribution in [3.05, 3.63) is 105 Å². The van der Waals surface area contributed by atoms with E-state index in [2.05, 4.69) is 91.2 Å². The molecule has 1 N–H and O–H groups in total. The number of hydrogen-bond acceptors (Lipinski definition) is 12. The first kappa shape index (κ1) is 40.3. The van der Waals surface area contributed by atoms with Crippen molar-refractivity contribution in [1.29, 1.82) is 5.26 Å². The number of nitrogens with zero attached hydrogens (tertiary/aromatic N) is 8. The van der Waals surface area contributed by atoms with Gasteiger partial charge in [-0.25, -0.2) is 0 Å². The molecule has 2 aliphatic carbocycles. The van der Waals surface area contributed by atoms with Crippen molar-refractivity contribution in [3.8, 4) is 34.4 Å². The third-order valence-corrected chi connectivity index (χ3v) is 13.8. The Morgan fingerprint density at radius 1 is 0.967 bits per heavy atom. The molecule has 5 aromatic rings. The maximum absolute atomic E-state index is 13.1. The first-order valence-corrected chi connectivity index (χ1v) is 21.8. The molecular weight excluding hydrogens is 787 g/mol. The predicted molar refractivity (Wildman–Crippen MR) is 233 cm³/mol. The van der Waals surface area contributed by atoms with E-state index in [9.17, 15) is 10.1 Å². The molecule has 9 rings (SSSR count). The molecule has 1 saturated heterocycles. The minimum atomic E-state index is -0.205. The number of nitriles is 1. The smallest absolute Gasteiger partial charge is 0.272 e. The minimum Gasteiger partial charge on any atom is -0.495 e. The van der Waals surface area contributed by atoms with Gasteiger partial charge >= 0.3 is 0 Å². The number of aromatic nitrogens is 5. The Morgan fingerprint density at radius 2 is 1.75 bits per heavy atom. The van der Waals surface area contributed by atoms with Crippen LogP contribution in [0.1, 0.15) is 106 Å². The van der Waals surface area contributed by atoms with Gasteiger partial charge in [0.15, 0.2) is 17.3 Å². The zero-order chi connectivity index (χ0) is 42.3. The third kappa shape index (κ3) is 7.98. The summed E-state index contributed by atoms with van der Waals surface area (Å²) in [7, 11) is 3.26. The molecule has 0 radical (unpaired) electrons. The Labute approximate surface area is 360 Å². The number of nitrogens with one attached hydrogen (secondary N) is 1. The van der Waals surface area contributed by atoms with Crippen molar-refractivity contribution in [2.45, 2.75) is 83.9 Å². The van der Waals surface area contributed by atoms with Crippen LogP contribution in [0.5, 0.6) is 11.5 Å². The Balaban J connectivity index is 0.756. The van der Waals surface area contributed by atoms with Gasteiger partial charge in [0.05, 0.1) is 24.5 Å². The number of fused-ring (bicyclic) bond motifs is 3. The average Bonchev–Trinajstić information content (AvgIpc) is 3.73. The third-order valence-electron chi connectivity index (χ3n) is 12.6. The van der Waals surface area contributed by atoms with Crippen LogP contribution in [-0.2, 0) is 4.74 Å². The lowest BCUT2D eigenvalue weighted by Gasteiger charge is -2.58. The predicted octanol–water partition coefficient (Wildman–Crippen LogP) is 7.24. The van der Waals surface area contributed by atoms with Crippen molar-refractivity contribution in [2.75, 3.05) is 38.8 Å². The van der Waals surface area contributed by atoms with Crippen molar-refractivity contribution in [3.63, 3.8) is 0 Å². The Morgan fingerprint density at radius 3 is 2.46 bits per heavy atom. The maximum atomic E-state index is 13.1. The van der Waals surface area contributed by atoms with Crippen molar-refractivity contribution in [2.24, 2.45) is 16.3 Å². The number of benzene rings is 2. The normalized spacial score (nSPS) is 20.1. The molecule has 61 heavy (non-hydrogen) atoms. The molecule has 1 amide bonds. The lowest BCUT2D eigenvalue weighted by molar-refractivity contribution is 0.0520. The van der Waals surface area contributed by atoms with Crippen LogP contribution in [0.15, 0.2) is 59.6 Å². The van der Waals surface area contributed by atoms with E-state index in [0.29, 0.717) is 41.7 Å². The molecule has 0 unspecified atom stereocenters. The molecule has 2 aliphatic heterocycles. The fraction of sp³-hybridized carbons (Fsp3) is 0.426. The highest BCUT2D eigenvalue weighted by Gasteiger charge is 2.52. The second-order valence-electron chi connectivity index (χ2n) is 16.8. The summed E-state index contributed by atoms with van der Waals surface area (Å²) in [4.78, 5) is 21.9. The molecule has 3 fully saturated rings. The Kier molecular flexibility index (Phi) is 11.1. The summed E-state index contributed by atoms with van der Waals surface area (Å²) in [5.41, 5.74) is 6.48. The summed E-state index contributed by atoms with van der Waals surface area (Å²) in [6.45, 7) is 8.77. The van der Waals surface area contributed by atoms with Crippen LogP contribution in [0.4, 0.5) is 5.82 Å². The number of hydrogen-bond donors (Lipinski definition) is 1. The molecule has 13 nitrogen and oxygen atoms in total. The summed E-state index contributed by atoms with van der Waals surface area (Å²) in [5, 5.41) is 31.2. The van der Waals surface area contributed by atoms with E-state index in [1.54, 1.807) is 49.8 Å². The zero-order valence-electron chi connectivity index (χ0n) is 35.2. The minimum absolute atomic E-state index is 0.0366. The highest BCUT2D eigenvalue weighted by molar-refractivity contribution is 7.15. The summed E-state index contributed by atoms with van der Waals surface area (Å²) in [6.07, 6.45) is 6.12. The quantitative estimate of drug-likeness (QED) is 0.143. The van der Waals surface area contributed by atoms with Crippen LogP contribution in [0.3, 0.4) is 0 Å². The van der Waals surface area contributed by atoms with E-state index in [1.165, 1.54) is 10.4 Å². The number of methoxy groups -OCH3 is 2. The van der Waals surface area contributed by atoms with Crippen LogP contribution in [0.2, 0.25) is 0 Å². The maximum Gasteiger partial charge on any atom is 0.272 e. The van der Waals surface area contributed by atoms with E-state index in [-0.39, 0.29) is 29.5 Å². The van der Waals surface area contributed by atoms with E-state index >= 15 is 0 Å². The molecular formula is C47H49N9O4S. The molecule has 1 atom stereocenters. The molecule has 1 spiro atoms. The monoisotopic (exact) mass is 835 g/mol. The van der Waals surface area contributed by atoms with Crippen molar-refractivity contribution in [1.82, 2.24) is 30.3 Å². The Bertz CT molecular complexity index is 2580. The number of carbonyl (C=O) groups is 1. The van der Waals surface area contributed by atoms with E-state index in [4.69, 9.17) is 19.2 Å². The Hall–Kier alpha value is -6.09. The lowest BCUT2D eigenvalue weighted by atomic mass is 9.58. The molecule has 2 saturated carbocycles. The van der Waals surface area contributed by atoms with Gasteiger partial charge in [-0.15, -0.1) is 31.7 Å². The van der Waals surface area contributed by atoms with Gasteiger partial charge in [0.1, 0.15) is 34.4 Å². The van der Waals surface area contributed by atoms with Crippen LogP contribution in [-0.4, -0.2) is 82.6 Å². The summed E-state index contributed by atoms with van der Waals surface area (Å²) >= 11 is 1.77. The highest BCUT2D eigenvalue weighted by Crippen LogP contribution is 2.52. The van der Waals surface area contributed by atoms with Gasteiger partial charge in [-0.1, -0.05) is 24.0 Å². The fourth-order valence-corrected chi connectivity index (χ4v) is 10.4. The first-order valence-electron chi connectivity index (χ1n) is 21.0. The van der Waals surface area contributed by atoms with Gasteiger partial charge in [0, 0.05) is 78.2 Å². The van der Waals surface area contributed by atoms with Gasteiger partial charge in [-0.2, -0.15) is 5.26 Å². The number of anilines is 1. The zero-order valence-corrected chi connectivity index (χ0v) is 36.0. The fourth-order valence-electron chi connectivity index (χ4n) is 9.21. The largest absolute Gasteiger partial charge is 0.495 e. The van der Waals surface area contributed by atoms with Crippen LogP contribution in [0, 0.1) is 55.3 Å². The van der Waals surface area contributed by atoms with Gasteiger partial charge < -0.3 is 24.4 Å². The number of amides is 1. The number of ether oxygens (including phenoxy) is 3. The van der Waals surface area contributed by atoms with Crippen LogP contribution >= 0.6 is 11.3 Å². The summed E-state index contributed by atoms with van der Waals surface area (Å²) in [6, 6.07) is 19.4. The second kappa shape index (κ2) is 16.8. The van der Waals surface area contributed by atoms with Gasteiger partial charge in [-0.3, -0.25) is 14.4 Å². The molecule has 3 aromatic heterocycles. The van der Waals surface area contributed by atoms with Crippen LogP contribution in [0.25, 0.3) is 5.00 Å². The molecule has 4 aliphatic rings. The summed E-state index contributed by atoms with van der Waals surface area (Å²) in [5.74, 6) is 10.9. The van der Waals surface area contributed by atoms with Crippen molar-refractivity contribution < 1.29 is 19.0 Å². The molecule has 2 aromatic carbocycles. The van der Waals surface area contributed by atoms with E-state index < -0.39 is 0 Å². The molecule has 0 bridgehead atoms. The lowest BCUT2D eigenvalue weighted by Crippen LogP contribution is -2.62. The number of rotatable bonds is 10. The number of carbonyl (C=O) groups excluding carboxylic acids is 1. The first-order chi connectivity index (χ1) is 29.6. The van der Waals surface area contributed by atoms with Gasteiger partial charge in [-0.05, 0) is 101 Å². The number of aliphatic imine (C=N–C) groups is 1. The highest BCUT2D eigenvalue weighted by atomic mass is 32.1. The van der Waals surface area contributed by atoms with Gasteiger partial charge in [0.25, 0.3) is 5.91 Å². The summed E-state index contributed by atoms with van der Waals surface area (Å²) < 4.78 is 19.1. The standard InChI is InChI=1S/C47H49N9O4S/c1-28-29(2)61-46-42(28)43(50-38(20-21-58-4)44-54-51-30(3)56(44)46)33-10-8-31(9-11-33)6-7-32-23-47(24-32)26-55(27-47)41-19-18-39(52-53-41)45(57)49-35-13-16-36(17-14-35)60-37-15-12-34(25-48)40(22-37)59-5/h8-12,15,18-19,22,32,35-36,38H,13-14,16-17,20-21,23-24,26-27H2,1-5H3,(H,49,57)/t35?,36?,38-/m0/s1. The SMILES string of the molecule is COCC[C@@H]1N=C(c2ccc(C#CC3CC4(C3)CN(c3ccc(C(=O)NC5CCC(Oc6ccc(C#N)c(OC)c6)CC5)nn3)C4)cc2)c2c(sc(C)c2C)-n2c(C)nnc21. The van der Waals surface area contributed by atoms with E-state index in [0.717, 1.165) is 96.5 Å². The molecule has 5 heterocycles. The number of aryl methyl sites for hydroxylation is 2.